The molecule has 0 radical (unpaired) electrons. The summed E-state index contributed by atoms with van der Waals surface area (Å²) < 4.78 is 48.2. The van der Waals surface area contributed by atoms with Crippen LogP contribution in [0.25, 0.3) is 0 Å². The van der Waals surface area contributed by atoms with Crippen LogP contribution < -0.4 is 14.4 Å². The number of halogens is 3. The second-order valence-electron chi connectivity index (χ2n) is 5.97. The first-order valence-corrected chi connectivity index (χ1v) is 9.36. The number of alkyl halides is 2. The van der Waals surface area contributed by atoms with E-state index in [0.29, 0.717) is 11.4 Å². The fourth-order valence-corrected chi connectivity index (χ4v) is 3.30. The van der Waals surface area contributed by atoms with Crippen molar-refractivity contribution in [1.29, 1.82) is 0 Å². The largest absolute Gasteiger partial charge is 0.493 e. The van der Waals surface area contributed by atoms with Gasteiger partial charge in [0.05, 0.1) is 24.4 Å². The van der Waals surface area contributed by atoms with Crippen molar-refractivity contribution < 1.29 is 27.4 Å². The fourth-order valence-electron chi connectivity index (χ4n) is 2.70. The number of carbonyl (C=O) groups is 1. The van der Waals surface area contributed by atoms with Crippen LogP contribution in [0.4, 0.5) is 18.9 Å². The zero-order chi connectivity index (χ0) is 21.0. The van der Waals surface area contributed by atoms with Crippen LogP contribution in [0.5, 0.6) is 11.5 Å². The zero-order valence-corrected chi connectivity index (χ0v) is 16.4. The smallest absolute Gasteiger partial charge is 0.387 e. The van der Waals surface area contributed by atoms with Crippen LogP contribution in [0.2, 0.25) is 0 Å². The predicted molar refractivity (Wildman–Crippen MR) is 103 cm³/mol. The molecule has 0 spiro atoms. The molecule has 29 heavy (non-hydrogen) atoms. The summed E-state index contributed by atoms with van der Waals surface area (Å²) in [5.41, 5.74) is 1.20. The minimum absolute atomic E-state index is 0.0744. The highest BCUT2D eigenvalue weighted by atomic mass is 32.1. The summed E-state index contributed by atoms with van der Waals surface area (Å²) >= 11 is 1.44. The number of methoxy groups -OCH3 is 1. The number of anilines is 1. The number of hydrogen-bond donors (Lipinski definition) is 0. The Bertz CT molecular complexity index is 993. The first-order chi connectivity index (χ1) is 13.9. The molecular weight excluding hydrogens is 405 g/mol. The van der Waals surface area contributed by atoms with E-state index in [-0.39, 0.29) is 23.6 Å². The monoisotopic (exact) mass is 422 g/mol. The topological polar surface area (TPSA) is 51.7 Å². The lowest BCUT2D eigenvalue weighted by molar-refractivity contribution is -0.0512. The SMILES string of the molecule is COc1ccc(C(=O)N(Cc2csc(C)n2)c2ccc(F)cc2)cc1OC(F)F. The number of aromatic nitrogens is 1. The molecule has 152 valence electrons. The lowest BCUT2D eigenvalue weighted by Gasteiger charge is -2.23. The van der Waals surface area contributed by atoms with Gasteiger partial charge in [0, 0.05) is 16.6 Å². The summed E-state index contributed by atoms with van der Waals surface area (Å²) in [5, 5.41) is 2.65. The van der Waals surface area contributed by atoms with Gasteiger partial charge in [0.1, 0.15) is 5.82 Å². The highest BCUT2D eigenvalue weighted by Gasteiger charge is 2.22. The van der Waals surface area contributed by atoms with Crippen molar-refractivity contribution in [2.24, 2.45) is 0 Å². The molecule has 3 aromatic rings. The van der Waals surface area contributed by atoms with Gasteiger partial charge < -0.3 is 14.4 Å². The highest BCUT2D eigenvalue weighted by molar-refractivity contribution is 7.09. The number of benzene rings is 2. The summed E-state index contributed by atoms with van der Waals surface area (Å²) in [4.78, 5) is 19.0. The van der Waals surface area contributed by atoms with Gasteiger partial charge >= 0.3 is 6.61 Å². The molecule has 0 atom stereocenters. The Balaban J connectivity index is 1.98. The maximum atomic E-state index is 13.3. The minimum Gasteiger partial charge on any atom is -0.493 e. The van der Waals surface area contributed by atoms with Gasteiger partial charge in [-0.3, -0.25) is 4.79 Å². The van der Waals surface area contributed by atoms with E-state index in [1.165, 1.54) is 65.8 Å². The molecular formula is C20H17F3N2O3S. The molecule has 0 saturated heterocycles. The lowest BCUT2D eigenvalue weighted by Crippen LogP contribution is -2.30. The molecule has 0 fully saturated rings. The van der Waals surface area contributed by atoms with Crippen LogP contribution in [0, 0.1) is 12.7 Å². The van der Waals surface area contributed by atoms with Gasteiger partial charge in [0.2, 0.25) is 0 Å². The Morgan fingerprint density at radius 3 is 2.48 bits per heavy atom. The first kappa shape index (κ1) is 20.7. The molecule has 0 aliphatic heterocycles. The predicted octanol–water partition coefficient (Wildman–Crippen LogP) is 5.05. The molecule has 0 N–H and O–H groups in total. The quantitative estimate of drug-likeness (QED) is 0.535. The number of nitrogens with zero attached hydrogens (tertiary/aromatic N) is 2. The van der Waals surface area contributed by atoms with Gasteiger partial charge in [-0.1, -0.05) is 0 Å². The van der Waals surface area contributed by atoms with Crippen molar-refractivity contribution in [3.8, 4) is 11.5 Å². The molecule has 0 aliphatic rings. The van der Waals surface area contributed by atoms with Gasteiger partial charge in [0.15, 0.2) is 11.5 Å². The standard InChI is InChI=1S/C20H17F3N2O3S/c1-12-24-15(11-29-12)10-25(16-6-4-14(21)5-7-16)19(26)13-3-8-17(27-2)18(9-13)28-20(22)23/h3-9,11,20H,10H2,1-2H3. The van der Waals surface area contributed by atoms with Gasteiger partial charge in [-0.15, -0.1) is 11.3 Å². The molecule has 9 heteroatoms. The average molecular weight is 422 g/mol. The van der Waals surface area contributed by atoms with Gasteiger partial charge in [-0.2, -0.15) is 8.78 Å². The fraction of sp³-hybridized carbons (Fsp3) is 0.200. The molecule has 5 nitrogen and oxygen atoms in total. The average Bonchev–Trinajstić information content (AvgIpc) is 3.11. The minimum atomic E-state index is -3.07. The number of hydrogen-bond acceptors (Lipinski definition) is 5. The summed E-state index contributed by atoms with van der Waals surface area (Å²) in [6.07, 6.45) is 0. The van der Waals surface area contributed by atoms with Crippen LogP contribution in [-0.2, 0) is 6.54 Å². The molecule has 0 aliphatic carbocycles. The molecule has 0 saturated carbocycles. The number of carbonyl (C=O) groups excluding carboxylic acids is 1. The Hall–Kier alpha value is -3.07. The van der Waals surface area contributed by atoms with E-state index in [2.05, 4.69) is 9.72 Å². The van der Waals surface area contributed by atoms with E-state index in [0.717, 1.165) is 5.01 Å². The highest BCUT2D eigenvalue weighted by Crippen LogP contribution is 2.31. The zero-order valence-electron chi connectivity index (χ0n) is 15.6. The molecule has 1 heterocycles. The van der Waals surface area contributed by atoms with Crippen LogP contribution in [0.3, 0.4) is 0 Å². The Labute approximate surface area is 169 Å². The molecule has 0 unspecified atom stereocenters. The van der Waals surface area contributed by atoms with E-state index in [1.807, 2.05) is 12.3 Å². The summed E-state index contributed by atoms with van der Waals surface area (Å²) in [7, 11) is 1.31. The normalized spacial score (nSPS) is 10.8. The number of ether oxygens (including phenoxy) is 2. The van der Waals surface area contributed by atoms with E-state index in [1.54, 1.807) is 0 Å². The van der Waals surface area contributed by atoms with Crippen molar-refractivity contribution in [3.63, 3.8) is 0 Å². The van der Waals surface area contributed by atoms with Crippen molar-refractivity contribution in [2.45, 2.75) is 20.1 Å². The number of aryl methyl sites for hydroxylation is 1. The first-order valence-electron chi connectivity index (χ1n) is 8.48. The van der Waals surface area contributed by atoms with E-state index in [4.69, 9.17) is 4.74 Å². The van der Waals surface area contributed by atoms with Crippen molar-refractivity contribution in [1.82, 2.24) is 4.98 Å². The maximum Gasteiger partial charge on any atom is 0.387 e. The van der Waals surface area contributed by atoms with Crippen LogP contribution in [0.15, 0.2) is 47.8 Å². The van der Waals surface area contributed by atoms with Crippen LogP contribution >= 0.6 is 11.3 Å². The van der Waals surface area contributed by atoms with Gasteiger partial charge in [-0.05, 0) is 49.4 Å². The number of rotatable bonds is 7. The summed E-state index contributed by atoms with van der Waals surface area (Å²) in [6.45, 7) is -1.10. The third kappa shape index (κ3) is 5.05. The van der Waals surface area contributed by atoms with Gasteiger partial charge in [0.25, 0.3) is 5.91 Å². The maximum absolute atomic E-state index is 13.3. The van der Waals surface area contributed by atoms with Crippen LogP contribution in [-0.4, -0.2) is 24.6 Å². The van der Waals surface area contributed by atoms with E-state index in [9.17, 15) is 18.0 Å². The van der Waals surface area contributed by atoms with Crippen molar-refractivity contribution in [3.05, 3.63) is 69.9 Å². The third-order valence-electron chi connectivity index (χ3n) is 4.00. The summed E-state index contributed by atoms with van der Waals surface area (Å²) in [5.74, 6) is -1.10. The molecule has 1 aromatic heterocycles. The number of thiazole rings is 1. The van der Waals surface area contributed by atoms with Crippen molar-refractivity contribution in [2.75, 3.05) is 12.0 Å². The summed E-state index contributed by atoms with van der Waals surface area (Å²) in [6, 6.07) is 9.42. The third-order valence-corrected chi connectivity index (χ3v) is 4.82. The number of amides is 1. The second-order valence-corrected chi connectivity index (χ2v) is 7.03. The Kier molecular flexibility index (Phi) is 6.38. The van der Waals surface area contributed by atoms with E-state index < -0.39 is 18.3 Å². The van der Waals surface area contributed by atoms with Crippen LogP contribution in [0.1, 0.15) is 21.1 Å². The molecule has 1 amide bonds. The lowest BCUT2D eigenvalue weighted by atomic mass is 10.1. The second kappa shape index (κ2) is 8.95. The Morgan fingerprint density at radius 1 is 1.17 bits per heavy atom. The van der Waals surface area contributed by atoms with Crippen molar-refractivity contribution >= 4 is 22.9 Å². The van der Waals surface area contributed by atoms with Gasteiger partial charge in [-0.25, -0.2) is 9.37 Å². The van der Waals surface area contributed by atoms with E-state index >= 15 is 0 Å². The Morgan fingerprint density at radius 2 is 1.90 bits per heavy atom. The molecule has 0 bridgehead atoms. The molecule has 2 aromatic carbocycles. The molecule has 3 rings (SSSR count).